The SMILES string of the molecule is Cc1ccc(NC(=O)C2CC2(C)C)cc1C#CCN. The van der Waals surface area contributed by atoms with Crippen molar-refractivity contribution in [3.05, 3.63) is 29.3 Å². The van der Waals surface area contributed by atoms with E-state index in [0.29, 0.717) is 6.54 Å². The molecule has 0 heterocycles. The molecule has 1 amide bonds. The van der Waals surface area contributed by atoms with Gasteiger partial charge in [0.05, 0.1) is 6.54 Å². The minimum Gasteiger partial charge on any atom is -0.326 e. The van der Waals surface area contributed by atoms with Gasteiger partial charge in [0.2, 0.25) is 5.91 Å². The van der Waals surface area contributed by atoms with Gasteiger partial charge in [-0.1, -0.05) is 31.8 Å². The minimum atomic E-state index is 0.103. The molecule has 0 radical (unpaired) electrons. The van der Waals surface area contributed by atoms with Crippen LogP contribution in [0, 0.1) is 30.1 Å². The van der Waals surface area contributed by atoms with E-state index >= 15 is 0 Å². The average Bonchev–Trinajstić information content (AvgIpc) is 2.99. The van der Waals surface area contributed by atoms with Crippen LogP contribution in [-0.2, 0) is 4.79 Å². The number of amides is 1. The van der Waals surface area contributed by atoms with E-state index in [1.807, 2.05) is 25.1 Å². The molecule has 1 unspecified atom stereocenters. The Morgan fingerprint density at radius 2 is 2.21 bits per heavy atom. The van der Waals surface area contributed by atoms with Crippen LogP contribution >= 0.6 is 0 Å². The van der Waals surface area contributed by atoms with E-state index in [1.165, 1.54) is 0 Å². The summed E-state index contributed by atoms with van der Waals surface area (Å²) in [6.07, 6.45) is 0.963. The van der Waals surface area contributed by atoms with E-state index in [0.717, 1.165) is 23.2 Å². The fourth-order valence-corrected chi connectivity index (χ4v) is 2.12. The quantitative estimate of drug-likeness (QED) is 0.798. The molecule has 2 rings (SSSR count). The summed E-state index contributed by atoms with van der Waals surface area (Å²) < 4.78 is 0. The standard InChI is InChI=1S/C16H20N2O/c1-11-6-7-13(9-12(11)5-4-8-17)18-15(19)14-10-16(14,2)3/h6-7,9,14H,8,10,17H2,1-3H3,(H,18,19). The Morgan fingerprint density at radius 3 is 2.79 bits per heavy atom. The maximum Gasteiger partial charge on any atom is 0.228 e. The van der Waals surface area contributed by atoms with Gasteiger partial charge in [-0.05, 0) is 36.5 Å². The maximum atomic E-state index is 12.0. The summed E-state index contributed by atoms with van der Waals surface area (Å²) in [6, 6.07) is 5.79. The number of rotatable bonds is 2. The molecular formula is C16H20N2O. The van der Waals surface area contributed by atoms with Gasteiger partial charge in [-0.3, -0.25) is 4.79 Å². The van der Waals surface area contributed by atoms with Crippen molar-refractivity contribution in [1.29, 1.82) is 0 Å². The number of hydrogen-bond donors (Lipinski definition) is 2. The highest BCUT2D eigenvalue weighted by atomic mass is 16.2. The Hall–Kier alpha value is -1.79. The van der Waals surface area contributed by atoms with Gasteiger partial charge < -0.3 is 11.1 Å². The van der Waals surface area contributed by atoms with Crippen molar-refractivity contribution in [2.45, 2.75) is 27.2 Å². The van der Waals surface area contributed by atoms with E-state index < -0.39 is 0 Å². The average molecular weight is 256 g/mol. The Morgan fingerprint density at radius 1 is 1.53 bits per heavy atom. The van der Waals surface area contributed by atoms with Gasteiger partial charge >= 0.3 is 0 Å². The van der Waals surface area contributed by atoms with Crippen LogP contribution in [0.2, 0.25) is 0 Å². The van der Waals surface area contributed by atoms with E-state index in [9.17, 15) is 4.79 Å². The largest absolute Gasteiger partial charge is 0.326 e. The molecule has 0 aromatic heterocycles. The van der Waals surface area contributed by atoms with Gasteiger partial charge in [-0.15, -0.1) is 0 Å². The molecule has 0 saturated heterocycles. The smallest absolute Gasteiger partial charge is 0.228 e. The summed E-state index contributed by atoms with van der Waals surface area (Å²) in [5.74, 6) is 6.10. The first-order valence-corrected chi connectivity index (χ1v) is 6.54. The lowest BCUT2D eigenvalue weighted by atomic mass is 10.1. The lowest BCUT2D eigenvalue weighted by Gasteiger charge is -2.08. The number of anilines is 1. The number of benzene rings is 1. The molecule has 3 N–H and O–H groups in total. The van der Waals surface area contributed by atoms with Crippen LogP contribution in [0.25, 0.3) is 0 Å². The fourth-order valence-electron chi connectivity index (χ4n) is 2.12. The zero-order chi connectivity index (χ0) is 14.0. The first kappa shape index (κ1) is 13.6. The molecule has 1 aromatic carbocycles. The van der Waals surface area contributed by atoms with Crippen LogP contribution in [0.4, 0.5) is 5.69 Å². The molecule has 1 fully saturated rings. The molecular weight excluding hydrogens is 236 g/mol. The monoisotopic (exact) mass is 256 g/mol. The second-order valence-corrected chi connectivity index (χ2v) is 5.77. The van der Waals surface area contributed by atoms with Crippen molar-refractivity contribution in [3.8, 4) is 11.8 Å². The number of hydrogen-bond acceptors (Lipinski definition) is 2. The van der Waals surface area contributed by atoms with Crippen molar-refractivity contribution >= 4 is 11.6 Å². The van der Waals surface area contributed by atoms with E-state index in [2.05, 4.69) is 31.0 Å². The normalized spacial score (nSPS) is 19.3. The molecule has 1 aliphatic rings. The van der Waals surface area contributed by atoms with Crippen LogP contribution in [0.1, 0.15) is 31.4 Å². The van der Waals surface area contributed by atoms with Crippen LogP contribution in [0.3, 0.4) is 0 Å². The second kappa shape index (κ2) is 5.07. The highest BCUT2D eigenvalue weighted by Crippen LogP contribution is 2.51. The predicted molar refractivity (Wildman–Crippen MR) is 77.6 cm³/mol. The third-order valence-corrected chi connectivity index (χ3v) is 3.66. The highest BCUT2D eigenvalue weighted by molar-refractivity contribution is 5.95. The molecule has 3 heteroatoms. The van der Waals surface area contributed by atoms with Gasteiger partial charge in [0.25, 0.3) is 0 Å². The molecule has 19 heavy (non-hydrogen) atoms. The van der Waals surface area contributed by atoms with Crippen LogP contribution in [-0.4, -0.2) is 12.5 Å². The summed E-state index contributed by atoms with van der Waals surface area (Å²) in [5.41, 5.74) is 8.34. The van der Waals surface area contributed by atoms with Crippen molar-refractivity contribution in [2.75, 3.05) is 11.9 Å². The number of carbonyl (C=O) groups excluding carboxylic acids is 1. The summed E-state index contributed by atoms with van der Waals surface area (Å²) in [7, 11) is 0. The van der Waals surface area contributed by atoms with E-state index in [1.54, 1.807) is 0 Å². The number of nitrogens with two attached hydrogens (primary N) is 1. The lowest BCUT2D eigenvalue weighted by Crippen LogP contribution is -2.16. The molecule has 1 aliphatic carbocycles. The molecule has 3 nitrogen and oxygen atoms in total. The van der Waals surface area contributed by atoms with Gasteiger partial charge in [-0.25, -0.2) is 0 Å². The molecule has 1 aromatic rings. The Labute approximate surface area is 114 Å². The molecule has 100 valence electrons. The van der Waals surface area contributed by atoms with Crippen molar-refractivity contribution < 1.29 is 4.79 Å². The summed E-state index contributed by atoms with van der Waals surface area (Å²) >= 11 is 0. The topological polar surface area (TPSA) is 55.1 Å². The molecule has 1 saturated carbocycles. The molecule has 1 atom stereocenters. The van der Waals surface area contributed by atoms with Crippen molar-refractivity contribution in [2.24, 2.45) is 17.1 Å². The Kier molecular flexibility index (Phi) is 3.64. The van der Waals surface area contributed by atoms with Gasteiger partial charge in [0.1, 0.15) is 0 Å². The van der Waals surface area contributed by atoms with Crippen LogP contribution < -0.4 is 11.1 Å². The van der Waals surface area contributed by atoms with E-state index in [4.69, 9.17) is 5.73 Å². The van der Waals surface area contributed by atoms with Crippen LogP contribution in [0.15, 0.2) is 18.2 Å². The van der Waals surface area contributed by atoms with Crippen molar-refractivity contribution in [3.63, 3.8) is 0 Å². The molecule has 0 aliphatic heterocycles. The predicted octanol–water partition coefficient (Wildman–Crippen LogP) is 2.29. The summed E-state index contributed by atoms with van der Waals surface area (Å²) in [4.78, 5) is 12.0. The second-order valence-electron chi connectivity index (χ2n) is 5.77. The van der Waals surface area contributed by atoms with E-state index in [-0.39, 0.29) is 17.2 Å². The number of aryl methyl sites for hydroxylation is 1. The third kappa shape index (κ3) is 3.15. The lowest BCUT2D eigenvalue weighted by molar-refractivity contribution is -0.117. The first-order chi connectivity index (χ1) is 8.94. The van der Waals surface area contributed by atoms with Gasteiger partial charge in [-0.2, -0.15) is 0 Å². The zero-order valence-corrected chi connectivity index (χ0v) is 11.7. The number of nitrogens with one attached hydrogen (secondary N) is 1. The third-order valence-electron chi connectivity index (χ3n) is 3.66. The highest BCUT2D eigenvalue weighted by Gasteiger charge is 2.50. The van der Waals surface area contributed by atoms with Crippen molar-refractivity contribution in [1.82, 2.24) is 0 Å². The fraction of sp³-hybridized carbons (Fsp3) is 0.438. The maximum absolute atomic E-state index is 12.0. The zero-order valence-electron chi connectivity index (χ0n) is 11.7. The summed E-state index contributed by atoms with van der Waals surface area (Å²) in [5, 5.41) is 2.97. The van der Waals surface area contributed by atoms with Gasteiger partial charge in [0.15, 0.2) is 0 Å². The van der Waals surface area contributed by atoms with Crippen LogP contribution in [0.5, 0.6) is 0 Å². The minimum absolute atomic E-state index is 0.103. The van der Waals surface area contributed by atoms with Gasteiger partial charge in [0, 0.05) is 17.2 Å². The first-order valence-electron chi connectivity index (χ1n) is 6.54. The molecule has 0 spiro atoms. The Bertz CT molecular complexity index is 564. The Balaban J connectivity index is 2.11. The molecule has 0 bridgehead atoms. The number of carbonyl (C=O) groups is 1. The summed E-state index contributed by atoms with van der Waals surface area (Å²) in [6.45, 7) is 6.57.